The van der Waals surface area contributed by atoms with Crippen molar-refractivity contribution < 1.29 is 9.90 Å². The van der Waals surface area contributed by atoms with Crippen molar-refractivity contribution >= 4 is 5.94 Å². The van der Waals surface area contributed by atoms with Crippen molar-refractivity contribution in [3.63, 3.8) is 0 Å². The van der Waals surface area contributed by atoms with Crippen LogP contribution < -0.4 is 0 Å². The molecule has 4 heteroatoms. The Balaban J connectivity index is 2.38. The molecule has 0 spiro atoms. The van der Waals surface area contributed by atoms with Gasteiger partial charge in [0, 0.05) is 11.3 Å². The maximum atomic E-state index is 10.4. The summed E-state index contributed by atoms with van der Waals surface area (Å²) in [4.78, 5) is 10.4. The van der Waals surface area contributed by atoms with Crippen molar-refractivity contribution in [1.82, 2.24) is 9.78 Å². The van der Waals surface area contributed by atoms with Gasteiger partial charge in [0.1, 0.15) is 6.54 Å². The number of nitrogens with zero attached hydrogens (tertiary/aromatic N) is 2. The van der Waals surface area contributed by atoms with E-state index in [1.807, 2.05) is 44.2 Å². The number of aromatic nitrogens is 2. The Labute approximate surface area is 112 Å². The molecule has 0 amide bonds. The third-order valence-electron chi connectivity index (χ3n) is 2.99. The molecule has 98 valence electrons. The zero-order chi connectivity index (χ0) is 13.8. The summed E-state index contributed by atoms with van der Waals surface area (Å²) in [7, 11) is 0. The topological polar surface area (TPSA) is 55.1 Å². The largest absolute Gasteiger partial charge is 0.501 e. The lowest BCUT2D eigenvalue weighted by Crippen LogP contribution is -2.06. The van der Waals surface area contributed by atoms with Crippen molar-refractivity contribution in [3.05, 3.63) is 47.3 Å². The molecule has 0 saturated heterocycles. The molecule has 0 unspecified atom stereocenters. The first-order valence-corrected chi connectivity index (χ1v) is 6.20. The van der Waals surface area contributed by atoms with Crippen LogP contribution in [0.2, 0.25) is 0 Å². The number of allylic oxidation sites excluding steroid dienone is 1. The van der Waals surface area contributed by atoms with Crippen molar-refractivity contribution in [1.29, 1.82) is 0 Å². The van der Waals surface area contributed by atoms with Gasteiger partial charge in [0.15, 0.2) is 11.7 Å². The van der Waals surface area contributed by atoms with Crippen LogP contribution in [-0.2, 0) is 17.8 Å². The normalized spacial score (nSPS) is 10.2. The molecular formula is C15H16N2O2. The molecule has 1 N–H and O–H groups in total. The number of rotatable bonds is 4. The second-order valence-electron chi connectivity index (χ2n) is 4.45. The lowest BCUT2D eigenvalue weighted by Gasteiger charge is -2.02. The Bertz CT molecular complexity index is 620. The van der Waals surface area contributed by atoms with Gasteiger partial charge >= 0.3 is 0 Å². The van der Waals surface area contributed by atoms with Crippen LogP contribution in [0.15, 0.2) is 36.1 Å². The summed E-state index contributed by atoms with van der Waals surface area (Å²) in [6.07, 6.45) is 0.783. The first kappa shape index (κ1) is 13.1. The van der Waals surface area contributed by atoms with E-state index in [9.17, 15) is 9.90 Å². The third kappa shape index (κ3) is 2.92. The molecule has 0 saturated carbocycles. The van der Waals surface area contributed by atoms with E-state index < -0.39 is 0 Å². The maximum Gasteiger partial charge on any atom is 0.198 e. The highest BCUT2D eigenvalue weighted by Crippen LogP contribution is 2.20. The highest BCUT2D eigenvalue weighted by atomic mass is 16.3. The highest BCUT2D eigenvalue weighted by molar-refractivity contribution is 5.60. The molecule has 1 aromatic heterocycles. The van der Waals surface area contributed by atoms with Crippen LogP contribution in [0, 0.1) is 6.92 Å². The van der Waals surface area contributed by atoms with E-state index >= 15 is 0 Å². The maximum absolute atomic E-state index is 10.4. The van der Waals surface area contributed by atoms with E-state index in [1.54, 1.807) is 4.68 Å². The van der Waals surface area contributed by atoms with E-state index in [-0.39, 0.29) is 12.3 Å². The highest BCUT2D eigenvalue weighted by Gasteiger charge is 2.09. The fourth-order valence-corrected chi connectivity index (χ4v) is 1.92. The van der Waals surface area contributed by atoms with Gasteiger partial charge in [0.25, 0.3) is 0 Å². The van der Waals surface area contributed by atoms with Crippen LogP contribution in [0.1, 0.15) is 18.2 Å². The molecule has 0 atom stereocenters. The van der Waals surface area contributed by atoms with Crippen molar-refractivity contribution in [2.75, 3.05) is 0 Å². The zero-order valence-corrected chi connectivity index (χ0v) is 11.1. The van der Waals surface area contributed by atoms with Crippen LogP contribution in [0.25, 0.3) is 11.3 Å². The Hall–Kier alpha value is -2.32. The molecule has 1 aromatic carbocycles. The first-order valence-electron chi connectivity index (χ1n) is 6.20. The first-order chi connectivity index (χ1) is 9.13. The molecule has 19 heavy (non-hydrogen) atoms. The molecule has 0 aliphatic rings. The summed E-state index contributed by atoms with van der Waals surface area (Å²) >= 11 is 0. The van der Waals surface area contributed by atoms with Crippen LogP contribution in [0.5, 0.6) is 0 Å². The predicted octanol–water partition coefficient (Wildman–Crippen LogP) is 2.69. The predicted molar refractivity (Wildman–Crippen MR) is 73.6 cm³/mol. The quantitative estimate of drug-likeness (QED) is 0.676. The second-order valence-corrected chi connectivity index (χ2v) is 4.45. The number of aryl methyl sites for hydroxylation is 2. The van der Waals surface area contributed by atoms with E-state index in [4.69, 9.17) is 0 Å². The summed E-state index contributed by atoms with van der Waals surface area (Å²) in [6.45, 7) is 4.11. The second kappa shape index (κ2) is 5.55. The molecule has 0 radical (unpaired) electrons. The molecule has 0 aliphatic heterocycles. The van der Waals surface area contributed by atoms with E-state index in [0.717, 1.165) is 23.4 Å². The Morgan fingerprint density at radius 3 is 2.63 bits per heavy atom. The molecule has 4 nitrogen and oxygen atoms in total. The zero-order valence-electron chi connectivity index (χ0n) is 11.1. The average molecular weight is 256 g/mol. The van der Waals surface area contributed by atoms with Crippen LogP contribution in [0.4, 0.5) is 0 Å². The smallest absolute Gasteiger partial charge is 0.198 e. The van der Waals surface area contributed by atoms with Gasteiger partial charge in [0.05, 0.1) is 5.69 Å². The van der Waals surface area contributed by atoms with E-state index in [0.29, 0.717) is 0 Å². The summed E-state index contributed by atoms with van der Waals surface area (Å²) in [5.74, 6) is 1.14. The van der Waals surface area contributed by atoms with Crippen molar-refractivity contribution in [3.8, 4) is 11.3 Å². The van der Waals surface area contributed by atoms with Gasteiger partial charge in [-0.1, -0.05) is 36.8 Å². The molecular weight excluding hydrogens is 240 g/mol. The van der Waals surface area contributed by atoms with Gasteiger partial charge in [-0.15, -0.1) is 0 Å². The van der Waals surface area contributed by atoms with Crippen molar-refractivity contribution in [2.24, 2.45) is 0 Å². The summed E-state index contributed by atoms with van der Waals surface area (Å²) in [6, 6.07) is 10.1. The third-order valence-corrected chi connectivity index (χ3v) is 2.99. The molecule has 1 heterocycles. The van der Waals surface area contributed by atoms with Crippen LogP contribution >= 0.6 is 0 Å². The SMILES string of the molecule is CCc1cc(-c2ccc(C)cc2)nn1CC(O)=C=O. The molecule has 2 aromatic rings. The van der Waals surface area contributed by atoms with Crippen LogP contribution in [-0.4, -0.2) is 20.8 Å². The molecule has 2 rings (SSSR count). The van der Waals surface area contributed by atoms with Gasteiger partial charge in [-0.05, 0) is 19.4 Å². The van der Waals surface area contributed by atoms with Gasteiger partial charge in [-0.2, -0.15) is 5.10 Å². The number of benzene rings is 1. The minimum Gasteiger partial charge on any atom is -0.501 e. The fourth-order valence-electron chi connectivity index (χ4n) is 1.92. The molecule has 0 aliphatic carbocycles. The fraction of sp³-hybridized carbons (Fsp3) is 0.267. The average Bonchev–Trinajstić information content (AvgIpc) is 2.82. The van der Waals surface area contributed by atoms with E-state index in [2.05, 4.69) is 5.10 Å². The number of carbonyl (C=O) groups excluding carboxylic acids is 1. The van der Waals surface area contributed by atoms with Gasteiger partial charge in [-0.25, -0.2) is 4.79 Å². The minimum atomic E-state index is -0.340. The summed E-state index contributed by atoms with van der Waals surface area (Å²) in [5.41, 5.74) is 4.03. The number of hydrogen-bond acceptors (Lipinski definition) is 3. The van der Waals surface area contributed by atoms with Crippen molar-refractivity contribution in [2.45, 2.75) is 26.8 Å². The molecule has 0 fully saturated rings. The Morgan fingerprint density at radius 1 is 1.37 bits per heavy atom. The van der Waals surface area contributed by atoms with E-state index in [1.165, 1.54) is 11.5 Å². The Kier molecular flexibility index (Phi) is 3.83. The van der Waals surface area contributed by atoms with Gasteiger partial charge < -0.3 is 5.11 Å². The number of hydrogen-bond donors (Lipinski definition) is 1. The summed E-state index contributed by atoms with van der Waals surface area (Å²) in [5, 5.41) is 13.7. The number of aliphatic hydroxyl groups excluding tert-OH is 1. The minimum absolute atomic E-state index is 0.0680. The van der Waals surface area contributed by atoms with Gasteiger partial charge in [-0.3, -0.25) is 4.68 Å². The monoisotopic (exact) mass is 256 g/mol. The lowest BCUT2D eigenvalue weighted by atomic mass is 10.1. The lowest BCUT2D eigenvalue weighted by molar-refractivity contribution is 0.367. The number of aliphatic hydroxyl groups is 1. The standard InChI is InChI=1S/C15H16N2O2/c1-3-13-8-15(12-6-4-11(2)5-7-12)16-17(13)9-14(19)10-18/h4-8,19H,3,9H2,1-2H3. The van der Waals surface area contributed by atoms with Gasteiger partial charge in [0.2, 0.25) is 0 Å². The Morgan fingerprint density at radius 2 is 2.05 bits per heavy atom. The van der Waals surface area contributed by atoms with Crippen LogP contribution in [0.3, 0.4) is 0 Å². The molecule has 0 bridgehead atoms. The summed E-state index contributed by atoms with van der Waals surface area (Å²) < 4.78 is 1.63.